The van der Waals surface area contributed by atoms with Crippen molar-refractivity contribution in [2.24, 2.45) is 0 Å². The molecule has 1 aliphatic rings. The molecule has 0 aromatic carbocycles. The second kappa shape index (κ2) is 4.24. The number of aliphatic hydroxyl groups is 1. The first-order valence-corrected chi connectivity index (χ1v) is 5.51. The van der Waals surface area contributed by atoms with Crippen LogP contribution in [0.4, 0.5) is 0 Å². The number of rotatable bonds is 2. The van der Waals surface area contributed by atoms with E-state index in [0.29, 0.717) is 0 Å². The van der Waals surface area contributed by atoms with Crippen LogP contribution in [-0.4, -0.2) is 16.2 Å². The van der Waals surface area contributed by atoms with Crippen LogP contribution in [0.1, 0.15) is 18.5 Å². The number of aliphatic hydroxyl groups excluding tert-OH is 1. The van der Waals surface area contributed by atoms with Crippen molar-refractivity contribution in [3.8, 4) is 0 Å². The first-order valence-electron chi connectivity index (χ1n) is 4.72. The van der Waals surface area contributed by atoms with Crippen LogP contribution in [0.5, 0.6) is 0 Å². The molecule has 0 saturated carbocycles. The van der Waals surface area contributed by atoms with Gasteiger partial charge in [0.15, 0.2) is 0 Å². The molecule has 0 aliphatic heterocycles. The number of allylic oxidation sites excluding steroid dienone is 1. The van der Waals surface area contributed by atoms with Crippen LogP contribution in [0.25, 0.3) is 0 Å². The Morgan fingerprint density at radius 3 is 2.93 bits per heavy atom. The summed E-state index contributed by atoms with van der Waals surface area (Å²) in [5, 5.41) is 9.32. The third-order valence-electron chi connectivity index (χ3n) is 2.39. The van der Waals surface area contributed by atoms with Gasteiger partial charge in [-0.05, 0) is 40.9 Å². The Bertz CT molecular complexity index is 345. The third-order valence-corrected chi connectivity index (χ3v) is 2.86. The highest BCUT2D eigenvalue weighted by molar-refractivity contribution is 9.10. The lowest BCUT2D eigenvalue weighted by molar-refractivity contribution is 0.223. The summed E-state index contributed by atoms with van der Waals surface area (Å²) >= 11 is 3.35. The van der Waals surface area contributed by atoms with Crippen molar-refractivity contribution in [2.45, 2.75) is 25.4 Å². The number of hydrogen-bond donors (Lipinski definition) is 1. The van der Waals surface area contributed by atoms with Crippen molar-refractivity contribution < 1.29 is 5.11 Å². The summed E-state index contributed by atoms with van der Waals surface area (Å²) in [6.45, 7) is 0. The fourth-order valence-electron chi connectivity index (χ4n) is 1.66. The molecule has 1 aromatic heterocycles. The molecule has 0 bridgehead atoms. The number of aromatic nitrogens is 1. The molecule has 0 saturated heterocycles. The van der Waals surface area contributed by atoms with Crippen molar-refractivity contribution >= 4 is 15.9 Å². The van der Waals surface area contributed by atoms with Gasteiger partial charge in [-0.2, -0.15) is 0 Å². The quantitative estimate of drug-likeness (QED) is 0.822. The van der Waals surface area contributed by atoms with E-state index < -0.39 is 0 Å². The molecule has 2 nitrogen and oxygen atoms in total. The summed E-state index contributed by atoms with van der Waals surface area (Å²) in [5.41, 5.74) is 2.36. The van der Waals surface area contributed by atoms with E-state index in [1.165, 1.54) is 5.57 Å². The molecule has 3 heteroatoms. The van der Waals surface area contributed by atoms with Crippen molar-refractivity contribution in [3.05, 3.63) is 40.1 Å². The van der Waals surface area contributed by atoms with E-state index in [-0.39, 0.29) is 6.10 Å². The molecule has 1 heterocycles. The summed E-state index contributed by atoms with van der Waals surface area (Å²) in [6.07, 6.45) is 6.25. The summed E-state index contributed by atoms with van der Waals surface area (Å²) in [5.74, 6) is 0. The monoisotopic (exact) mass is 253 g/mol. The maximum atomic E-state index is 9.32. The Labute approximate surface area is 91.8 Å². The Morgan fingerprint density at radius 2 is 2.36 bits per heavy atom. The highest BCUT2D eigenvalue weighted by Crippen LogP contribution is 2.21. The fraction of sp³-hybridized carbons (Fsp3) is 0.364. The Kier molecular flexibility index (Phi) is 2.99. The molecule has 1 aliphatic carbocycles. The molecule has 1 atom stereocenters. The lowest BCUT2D eigenvalue weighted by atomic mass is 10.1. The molecule has 1 unspecified atom stereocenters. The van der Waals surface area contributed by atoms with Crippen LogP contribution in [0.15, 0.2) is 34.5 Å². The second-order valence-electron chi connectivity index (χ2n) is 3.58. The van der Waals surface area contributed by atoms with Gasteiger partial charge in [-0.1, -0.05) is 11.6 Å². The maximum absolute atomic E-state index is 9.32. The predicted octanol–water partition coefficient (Wildman–Crippen LogP) is 2.47. The highest BCUT2D eigenvalue weighted by Gasteiger charge is 2.13. The van der Waals surface area contributed by atoms with Crippen LogP contribution >= 0.6 is 15.9 Å². The van der Waals surface area contributed by atoms with Crippen LogP contribution in [0.2, 0.25) is 0 Å². The highest BCUT2D eigenvalue weighted by atomic mass is 79.9. The molecular formula is C11H12BrNO. The molecule has 74 valence electrons. The van der Waals surface area contributed by atoms with Crippen LogP contribution in [0.3, 0.4) is 0 Å². The fourth-order valence-corrected chi connectivity index (χ4v) is 1.90. The van der Waals surface area contributed by atoms with Crippen LogP contribution in [-0.2, 0) is 6.42 Å². The van der Waals surface area contributed by atoms with E-state index in [1.807, 2.05) is 18.2 Å². The number of pyridine rings is 1. The van der Waals surface area contributed by atoms with E-state index in [9.17, 15) is 5.11 Å². The van der Waals surface area contributed by atoms with Crippen LogP contribution < -0.4 is 0 Å². The number of nitrogens with zero attached hydrogens (tertiary/aromatic N) is 1. The summed E-state index contributed by atoms with van der Waals surface area (Å²) in [4.78, 5) is 4.30. The smallest absolute Gasteiger partial charge is 0.0726 e. The third kappa shape index (κ3) is 2.42. The zero-order valence-corrected chi connectivity index (χ0v) is 9.37. The lowest BCUT2D eigenvalue weighted by Crippen LogP contribution is -1.93. The van der Waals surface area contributed by atoms with E-state index in [4.69, 9.17) is 0 Å². The van der Waals surface area contributed by atoms with Crippen molar-refractivity contribution in [1.29, 1.82) is 0 Å². The SMILES string of the molecule is OC1C=C(Cc2ccc(Br)cn2)CC1. The van der Waals surface area contributed by atoms with E-state index in [2.05, 4.69) is 20.9 Å². The Morgan fingerprint density at radius 1 is 1.50 bits per heavy atom. The standard InChI is InChI=1S/C11H12BrNO/c12-9-2-3-10(13-7-9)5-8-1-4-11(14)6-8/h2-3,6-7,11,14H,1,4-5H2. The molecule has 1 aromatic rings. The van der Waals surface area contributed by atoms with Gasteiger partial charge in [0.1, 0.15) is 0 Å². The molecule has 0 amide bonds. The van der Waals surface area contributed by atoms with Gasteiger partial charge < -0.3 is 5.11 Å². The van der Waals surface area contributed by atoms with Gasteiger partial charge in [-0.15, -0.1) is 0 Å². The van der Waals surface area contributed by atoms with Gasteiger partial charge in [0.2, 0.25) is 0 Å². The molecule has 0 spiro atoms. The van der Waals surface area contributed by atoms with E-state index in [1.54, 1.807) is 6.20 Å². The molecule has 1 N–H and O–H groups in total. The minimum absolute atomic E-state index is 0.236. The van der Waals surface area contributed by atoms with Gasteiger partial charge in [-0.3, -0.25) is 4.98 Å². The molecule has 2 rings (SSSR count). The normalized spacial score (nSPS) is 21.0. The molecule has 14 heavy (non-hydrogen) atoms. The zero-order chi connectivity index (χ0) is 9.97. The van der Waals surface area contributed by atoms with Crippen molar-refractivity contribution in [1.82, 2.24) is 4.98 Å². The Hall–Kier alpha value is -0.670. The minimum atomic E-state index is -0.236. The first kappa shape index (κ1) is 9.87. The average Bonchev–Trinajstić information content (AvgIpc) is 2.56. The number of halogens is 1. The largest absolute Gasteiger partial charge is 0.389 e. The topological polar surface area (TPSA) is 33.1 Å². The van der Waals surface area contributed by atoms with Crippen molar-refractivity contribution in [2.75, 3.05) is 0 Å². The average molecular weight is 254 g/mol. The number of hydrogen-bond acceptors (Lipinski definition) is 2. The summed E-state index contributed by atoms with van der Waals surface area (Å²) < 4.78 is 1.00. The van der Waals surface area contributed by atoms with E-state index in [0.717, 1.165) is 29.4 Å². The van der Waals surface area contributed by atoms with Gasteiger partial charge in [0, 0.05) is 22.8 Å². The molecule has 0 fully saturated rings. The summed E-state index contributed by atoms with van der Waals surface area (Å²) in [6, 6.07) is 4.00. The van der Waals surface area contributed by atoms with Gasteiger partial charge in [0.25, 0.3) is 0 Å². The van der Waals surface area contributed by atoms with Gasteiger partial charge >= 0.3 is 0 Å². The molecule has 0 radical (unpaired) electrons. The Balaban J connectivity index is 2.04. The second-order valence-corrected chi connectivity index (χ2v) is 4.49. The van der Waals surface area contributed by atoms with Crippen molar-refractivity contribution in [3.63, 3.8) is 0 Å². The van der Waals surface area contributed by atoms with Gasteiger partial charge in [-0.25, -0.2) is 0 Å². The summed E-state index contributed by atoms with van der Waals surface area (Å²) in [7, 11) is 0. The lowest BCUT2D eigenvalue weighted by Gasteiger charge is -2.00. The minimum Gasteiger partial charge on any atom is -0.389 e. The maximum Gasteiger partial charge on any atom is 0.0726 e. The first-order chi connectivity index (χ1) is 6.74. The molecular weight excluding hydrogens is 242 g/mol. The predicted molar refractivity (Wildman–Crippen MR) is 59.0 cm³/mol. The zero-order valence-electron chi connectivity index (χ0n) is 7.78. The van der Waals surface area contributed by atoms with E-state index >= 15 is 0 Å². The van der Waals surface area contributed by atoms with Crippen LogP contribution in [0, 0.1) is 0 Å². The van der Waals surface area contributed by atoms with Gasteiger partial charge in [0.05, 0.1) is 6.10 Å².